The molecule has 0 aliphatic carbocycles. The van der Waals surface area contributed by atoms with Crippen molar-refractivity contribution in [1.29, 1.82) is 0 Å². The molecular formula is C25H30ClN3O2. The molecule has 6 heteroatoms. The normalized spacial score (nSPS) is 16.3. The predicted molar refractivity (Wildman–Crippen MR) is 125 cm³/mol. The first-order chi connectivity index (χ1) is 14.5. The fraction of sp³-hybridized carbons (Fsp3) is 0.400. The average molecular weight is 440 g/mol. The summed E-state index contributed by atoms with van der Waals surface area (Å²) in [5.74, 6) is -0.264. The maximum atomic E-state index is 13.2. The largest absolute Gasteiger partial charge is 0.336 e. The van der Waals surface area contributed by atoms with Gasteiger partial charge < -0.3 is 4.90 Å². The molecule has 1 unspecified atom stereocenters. The van der Waals surface area contributed by atoms with Crippen molar-refractivity contribution in [1.82, 2.24) is 9.91 Å². The maximum absolute atomic E-state index is 13.2. The number of amides is 2. The van der Waals surface area contributed by atoms with E-state index in [0.717, 1.165) is 22.4 Å². The first-order valence-corrected chi connectivity index (χ1v) is 10.9. The fourth-order valence-corrected chi connectivity index (χ4v) is 3.84. The number of nitrogens with zero attached hydrogens (tertiary/aromatic N) is 3. The second kappa shape index (κ2) is 9.23. The van der Waals surface area contributed by atoms with E-state index >= 15 is 0 Å². The molecule has 31 heavy (non-hydrogen) atoms. The minimum absolute atomic E-state index is 0.0173. The molecule has 5 nitrogen and oxygen atoms in total. The van der Waals surface area contributed by atoms with E-state index in [1.807, 2.05) is 76.2 Å². The molecule has 0 saturated heterocycles. The lowest BCUT2D eigenvalue weighted by Gasteiger charge is -2.26. The zero-order valence-electron chi connectivity index (χ0n) is 18.9. The molecule has 1 aliphatic rings. The van der Waals surface area contributed by atoms with Gasteiger partial charge in [-0.25, -0.2) is 5.01 Å². The Balaban J connectivity index is 1.86. The Bertz CT molecular complexity index is 993. The lowest BCUT2D eigenvalue weighted by Crippen LogP contribution is -2.40. The summed E-state index contributed by atoms with van der Waals surface area (Å²) >= 11 is 6.40. The van der Waals surface area contributed by atoms with Crippen molar-refractivity contribution in [2.45, 2.75) is 46.6 Å². The SMILES string of the molecule is Cc1ccc(C2CC(c3ccccc3Cl)=NN2C(=O)CN(C)C(=O)CC(C)(C)C)cc1. The van der Waals surface area contributed by atoms with Gasteiger partial charge in [-0.05, 0) is 24.0 Å². The second-order valence-electron chi connectivity index (χ2n) is 9.38. The molecule has 2 amide bonds. The number of hydrogen-bond acceptors (Lipinski definition) is 3. The molecule has 1 heterocycles. The Labute approximate surface area is 189 Å². The predicted octanol–water partition coefficient (Wildman–Crippen LogP) is 5.22. The summed E-state index contributed by atoms with van der Waals surface area (Å²) < 4.78 is 0. The van der Waals surface area contributed by atoms with Gasteiger partial charge in [0.2, 0.25) is 5.91 Å². The third kappa shape index (κ3) is 5.73. The number of rotatable bonds is 5. The minimum atomic E-state index is -0.231. The van der Waals surface area contributed by atoms with Gasteiger partial charge in [0.25, 0.3) is 5.91 Å². The smallest absolute Gasteiger partial charge is 0.262 e. The van der Waals surface area contributed by atoms with Gasteiger partial charge in [0, 0.05) is 30.5 Å². The Morgan fingerprint density at radius 2 is 1.77 bits per heavy atom. The van der Waals surface area contributed by atoms with Crippen LogP contribution in [-0.4, -0.2) is 41.0 Å². The highest BCUT2D eigenvalue weighted by Gasteiger charge is 2.34. The summed E-state index contributed by atoms with van der Waals surface area (Å²) in [7, 11) is 1.67. The van der Waals surface area contributed by atoms with Crippen LogP contribution < -0.4 is 0 Å². The number of carbonyl (C=O) groups excluding carboxylic acids is 2. The topological polar surface area (TPSA) is 53.0 Å². The summed E-state index contributed by atoms with van der Waals surface area (Å²) in [6, 6.07) is 15.4. The van der Waals surface area contributed by atoms with E-state index in [0.29, 0.717) is 17.9 Å². The molecule has 3 rings (SSSR count). The second-order valence-corrected chi connectivity index (χ2v) is 9.79. The standard InChI is InChI=1S/C25H30ClN3O2/c1-17-10-12-18(13-11-17)22-14-21(19-8-6-7-9-20(19)26)27-29(22)24(31)16-28(5)23(30)15-25(2,3)4/h6-13,22H,14-16H2,1-5H3. The zero-order chi connectivity index (χ0) is 22.8. The van der Waals surface area contributed by atoms with Crippen LogP contribution in [0.25, 0.3) is 0 Å². The number of hydrazone groups is 1. The number of aryl methyl sites for hydroxylation is 1. The fourth-order valence-electron chi connectivity index (χ4n) is 3.60. The molecular weight excluding hydrogens is 410 g/mol. The van der Waals surface area contributed by atoms with Crippen molar-refractivity contribution >= 4 is 29.1 Å². The highest BCUT2D eigenvalue weighted by molar-refractivity contribution is 6.34. The number of likely N-dealkylation sites (N-methyl/N-ethyl adjacent to an activating group) is 1. The van der Waals surface area contributed by atoms with E-state index in [-0.39, 0.29) is 29.8 Å². The molecule has 1 atom stereocenters. The average Bonchev–Trinajstić information content (AvgIpc) is 3.13. The van der Waals surface area contributed by atoms with Crippen LogP contribution in [0.1, 0.15) is 56.3 Å². The number of halogens is 1. The van der Waals surface area contributed by atoms with Crippen LogP contribution in [0.2, 0.25) is 5.02 Å². The molecule has 0 fully saturated rings. The van der Waals surface area contributed by atoms with Crippen molar-refractivity contribution in [2.75, 3.05) is 13.6 Å². The highest BCUT2D eigenvalue weighted by atomic mass is 35.5. The Kier molecular flexibility index (Phi) is 6.85. The Hall–Kier alpha value is -2.66. The molecule has 164 valence electrons. The van der Waals surface area contributed by atoms with Crippen LogP contribution in [0, 0.1) is 12.3 Å². The van der Waals surface area contributed by atoms with Crippen LogP contribution in [0.15, 0.2) is 53.6 Å². The molecule has 0 radical (unpaired) electrons. The summed E-state index contributed by atoms with van der Waals surface area (Å²) in [6.45, 7) is 8.04. The van der Waals surface area contributed by atoms with Crippen molar-refractivity contribution < 1.29 is 9.59 Å². The third-order valence-corrected chi connectivity index (χ3v) is 5.62. The summed E-state index contributed by atoms with van der Waals surface area (Å²) in [4.78, 5) is 27.2. The molecule has 0 bridgehead atoms. The van der Waals surface area contributed by atoms with Gasteiger partial charge in [0.05, 0.1) is 11.8 Å². The van der Waals surface area contributed by atoms with E-state index in [1.165, 1.54) is 9.91 Å². The lowest BCUT2D eigenvalue weighted by molar-refractivity contribution is -0.141. The van der Waals surface area contributed by atoms with Crippen LogP contribution in [-0.2, 0) is 9.59 Å². The van der Waals surface area contributed by atoms with Gasteiger partial charge in [-0.15, -0.1) is 0 Å². The van der Waals surface area contributed by atoms with Gasteiger partial charge in [-0.1, -0.05) is 80.4 Å². The molecule has 1 aliphatic heterocycles. The zero-order valence-corrected chi connectivity index (χ0v) is 19.6. The van der Waals surface area contributed by atoms with E-state index in [1.54, 1.807) is 7.05 Å². The summed E-state index contributed by atoms with van der Waals surface area (Å²) in [6.07, 6.45) is 0.949. The Morgan fingerprint density at radius 1 is 1.13 bits per heavy atom. The van der Waals surface area contributed by atoms with Gasteiger partial charge in [0.1, 0.15) is 6.54 Å². The maximum Gasteiger partial charge on any atom is 0.262 e. The van der Waals surface area contributed by atoms with Gasteiger partial charge in [-0.3, -0.25) is 9.59 Å². The quantitative estimate of drug-likeness (QED) is 0.641. The monoisotopic (exact) mass is 439 g/mol. The first-order valence-electron chi connectivity index (χ1n) is 10.5. The number of carbonyl (C=O) groups is 2. The van der Waals surface area contributed by atoms with E-state index in [2.05, 4.69) is 5.10 Å². The molecule has 2 aromatic carbocycles. The molecule has 0 spiro atoms. The van der Waals surface area contributed by atoms with Crippen LogP contribution in [0.4, 0.5) is 0 Å². The van der Waals surface area contributed by atoms with E-state index < -0.39 is 0 Å². The molecule has 0 N–H and O–H groups in total. The number of benzene rings is 2. The van der Waals surface area contributed by atoms with E-state index in [4.69, 9.17) is 11.6 Å². The number of hydrogen-bond donors (Lipinski definition) is 0. The van der Waals surface area contributed by atoms with E-state index in [9.17, 15) is 9.59 Å². The van der Waals surface area contributed by atoms with Crippen LogP contribution in [0.5, 0.6) is 0 Å². The molecule has 0 aromatic heterocycles. The van der Waals surface area contributed by atoms with Crippen LogP contribution >= 0.6 is 11.6 Å². The van der Waals surface area contributed by atoms with Crippen molar-refractivity contribution in [2.24, 2.45) is 10.5 Å². The first kappa shape index (κ1) is 23.0. The minimum Gasteiger partial charge on any atom is -0.336 e. The van der Waals surface area contributed by atoms with Crippen molar-refractivity contribution in [3.05, 3.63) is 70.2 Å². The summed E-state index contributed by atoms with van der Waals surface area (Å²) in [5, 5.41) is 6.79. The molecule has 2 aromatic rings. The lowest BCUT2D eigenvalue weighted by atomic mass is 9.92. The van der Waals surface area contributed by atoms with Crippen LogP contribution in [0.3, 0.4) is 0 Å². The third-order valence-electron chi connectivity index (χ3n) is 5.29. The molecule has 0 saturated carbocycles. The highest BCUT2D eigenvalue weighted by Crippen LogP contribution is 2.34. The van der Waals surface area contributed by atoms with Gasteiger partial charge in [-0.2, -0.15) is 5.10 Å². The van der Waals surface area contributed by atoms with Gasteiger partial charge in [0.15, 0.2) is 0 Å². The Morgan fingerprint density at radius 3 is 2.39 bits per heavy atom. The van der Waals surface area contributed by atoms with Gasteiger partial charge >= 0.3 is 0 Å². The summed E-state index contributed by atoms with van der Waals surface area (Å²) in [5.41, 5.74) is 3.62. The van der Waals surface area contributed by atoms with Crippen molar-refractivity contribution in [3.8, 4) is 0 Å². The van der Waals surface area contributed by atoms with Crippen molar-refractivity contribution in [3.63, 3.8) is 0 Å².